The van der Waals surface area contributed by atoms with E-state index in [1.807, 2.05) is 0 Å². The van der Waals surface area contributed by atoms with Crippen LogP contribution in [0.4, 0.5) is 17.6 Å². The second kappa shape index (κ2) is 10.5. The predicted molar refractivity (Wildman–Crippen MR) is 117 cm³/mol. The van der Waals surface area contributed by atoms with E-state index in [-0.39, 0.29) is 30.5 Å². The fourth-order valence-corrected chi connectivity index (χ4v) is 3.35. The highest BCUT2D eigenvalue weighted by Gasteiger charge is 2.21. The number of nitrogens with zero attached hydrogens (tertiary/aromatic N) is 2. The molecule has 5 nitrogen and oxygen atoms in total. The quantitative estimate of drug-likeness (QED) is 0.442. The molecule has 0 unspecified atom stereocenters. The van der Waals surface area contributed by atoms with Crippen LogP contribution in [-0.2, 0) is 13.2 Å². The molecule has 0 amide bonds. The molecule has 2 aromatic carbocycles. The number of rotatable bonds is 8. The van der Waals surface area contributed by atoms with Gasteiger partial charge in [-0.05, 0) is 55.1 Å². The first-order valence-electron chi connectivity index (χ1n) is 9.86. The van der Waals surface area contributed by atoms with Gasteiger partial charge in [0, 0.05) is 18.2 Å². The van der Waals surface area contributed by atoms with Crippen molar-refractivity contribution in [1.82, 2.24) is 14.9 Å². The lowest BCUT2D eigenvalue weighted by Gasteiger charge is -2.13. The highest BCUT2D eigenvalue weighted by molar-refractivity contribution is 6.31. The Morgan fingerprint density at radius 3 is 2.42 bits per heavy atom. The molecule has 1 fully saturated rings. The molecule has 11 heteroatoms. The van der Waals surface area contributed by atoms with E-state index in [1.165, 1.54) is 6.07 Å². The Morgan fingerprint density at radius 2 is 1.79 bits per heavy atom. The van der Waals surface area contributed by atoms with Gasteiger partial charge in [-0.2, -0.15) is 0 Å². The lowest BCUT2D eigenvalue weighted by molar-refractivity contribution is 0.286. The molecule has 0 bridgehead atoms. The first kappa shape index (κ1) is 25.0. The first-order valence-corrected chi connectivity index (χ1v) is 10.2. The average Bonchev–Trinajstić information content (AvgIpc) is 3.55. The second-order valence-electron chi connectivity index (χ2n) is 7.55. The maximum absolute atomic E-state index is 14.7. The number of halogens is 6. The third-order valence-corrected chi connectivity index (χ3v) is 5.36. The van der Waals surface area contributed by atoms with Crippen molar-refractivity contribution in [3.05, 3.63) is 86.4 Å². The normalized spacial score (nSPS) is 13.0. The monoisotopic (exact) mass is 503 g/mol. The zero-order valence-electron chi connectivity index (χ0n) is 17.1. The smallest absolute Gasteiger partial charge is 0.280 e. The lowest BCUT2D eigenvalue weighted by atomic mass is 10.1. The number of hydrogen-bond donors (Lipinski definition) is 1. The molecule has 0 atom stereocenters. The van der Waals surface area contributed by atoms with Crippen LogP contribution in [-0.4, -0.2) is 16.1 Å². The van der Waals surface area contributed by atoms with Gasteiger partial charge < -0.3 is 10.1 Å². The van der Waals surface area contributed by atoms with E-state index in [9.17, 15) is 22.4 Å². The summed E-state index contributed by atoms with van der Waals surface area (Å²) in [4.78, 5) is 16.4. The van der Waals surface area contributed by atoms with Crippen molar-refractivity contribution in [2.24, 2.45) is 5.92 Å². The SMILES string of the molecule is Cl.O=c1c(Cl)c(OCc2ccc(F)cc2F)ncn1-c1c(F)cc(CNCC2CC2)cc1F. The minimum Gasteiger partial charge on any atom is -0.471 e. The van der Waals surface area contributed by atoms with Crippen LogP contribution in [0.25, 0.3) is 5.69 Å². The van der Waals surface area contributed by atoms with Gasteiger partial charge in [-0.1, -0.05) is 11.6 Å². The largest absolute Gasteiger partial charge is 0.471 e. The summed E-state index contributed by atoms with van der Waals surface area (Å²) in [5.41, 5.74) is -1.17. The van der Waals surface area contributed by atoms with Crippen molar-refractivity contribution >= 4 is 24.0 Å². The Morgan fingerprint density at radius 1 is 1.09 bits per heavy atom. The van der Waals surface area contributed by atoms with Crippen molar-refractivity contribution in [2.45, 2.75) is 26.0 Å². The molecule has 1 aliphatic rings. The zero-order chi connectivity index (χ0) is 22.8. The highest BCUT2D eigenvalue weighted by atomic mass is 35.5. The number of benzene rings is 2. The molecular formula is C22H19Cl2F4N3O2. The zero-order valence-corrected chi connectivity index (χ0v) is 18.7. The number of hydrogen-bond acceptors (Lipinski definition) is 4. The van der Waals surface area contributed by atoms with Crippen molar-refractivity contribution in [1.29, 1.82) is 0 Å². The Labute approximate surface area is 197 Å². The van der Waals surface area contributed by atoms with E-state index in [4.69, 9.17) is 16.3 Å². The summed E-state index contributed by atoms with van der Waals surface area (Å²) >= 11 is 5.99. The fourth-order valence-electron chi connectivity index (χ4n) is 3.15. The molecule has 0 saturated heterocycles. The molecule has 1 aromatic heterocycles. The van der Waals surface area contributed by atoms with E-state index in [1.54, 1.807) is 0 Å². The van der Waals surface area contributed by atoms with Crippen molar-refractivity contribution in [2.75, 3.05) is 6.54 Å². The van der Waals surface area contributed by atoms with Crippen LogP contribution in [0.2, 0.25) is 5.02 Å². The summed E-state index contributed by atoms with van der Waals surface area (Å²) in [6.07, 6.45) is 3.19. The molecule has 1 N–H and O–H groups in total. The molecule has 1 saturated carbocycles. The Kier molecular flexibility index (Phi) is 7.99. The number of aromatic nitrogens is 2. The average molecular weight is 504 g/mol. The highest BCUT2D eigenvalue weighted by Crippen LogP contribution is 2.28. The predicted octanol–water partition coefficient (Wildman–Crippen LogP) is 4.94. The molecule has 4 rings (SSSR count). The van der Waals surface area contributed by atoms with Crippen LogP contribution in [0.5, 0.6) is 5.88 Å². The standard InChI is InChI=1S/C22H18ClF4N3O2.ClH/c23-19-21(32-10-14-3-4-15(24)7-16(14)25)29-11-30(22(19)31)20-17(26)5-13(6-18(20)27)9-28-8-12-1-2-12;/h3-7,11-12,28H,1-2,8-10H2;1H. The van der Waals surface area contributed by atoms with Gasteiger partial charge in [0.15, 0.2) is 16.7 Å². The topological polar surface area (TPSA) is 56.1 Å². The van der Waals surface area contributed by atoms with Gasteiger partial charge in [-0.3, -0.25) is 9.36 Å². The van der Waals surface area contributed by atoms with Gasteiger partial charge in [-0.25, -0.2) is 22.5 Å². The van der Waals surface area contributed by atoms with Gasteiger partial charge in [0.25, 0.3) is 5.56 Å². The van der Waals surface area contributed by atoms with Crippen molar-refractivity contribution in [3.63, 3.8) is 0 Å². The van der Waals surface area contributed by atoms with E-state index >= 15 is 0 Å². The molecule has 0 spiro atoms. The van der Waals surface area contributed by atoms with Gasteiger partial charge in [0.1, 0.15) is 30.3 Å². The van der Waals surface area contributed by atoms with Crippen LogP contribution in [0.1, 0.15) is 24.0 Å². The Hall–Kier alpha value is -2.62. The summed E-state index contributed by atoms with van der Waals surface area (Å²) in [7, 11) is 0. The maximum atomic E-state index is 14.7. The van der Waals surface area contributed by atoms with E-state index in [0.717, 1.165) is 43.9 Å². The molecular weight excluding hydrogens is 485 g/mol. The summed E-state index contributed by atoms with van der Waals surface area (Å²) in [5, 5.41) is 2.60. The summed E-state index contributed by atoms with van der Waals surface area (Å²) in [5.74, 6) is -3.22. The van der Waals surface area contributed by atoms with Gasteiger partial charge in [0.05, 0.1) is 0 Å². The first-order chi connectivity index (χ1) is 15.3. The van der Waals surface area contributed by atoms with E-state index < -0.39 is 39.5 Å². The molecule has 1 heterocycles. The van der Waals surface area contributed by atoms with Crippen LogP contribution >= 0.6 is 24.0 Å². The van der Waals surface area contributed by atoms with Gasteiger partial charge in [0.2, 0.25) is 5.88 Å². The molecule has 3 aromatic rings. The molecule has 0 radical (unpaired) electrons. The maximum Gasteiger partial charge on any atom is 0.280 e. The third kappa shape index (κ3) is 5.85. The Bertz CT molecular complexity index is 1200. The van der Waals surface area contributed by atoms with Crippen LogP contribution < -0.4 is 15.6 Å². The van der Waals surface area contributed by atoms with Gasteiger partial charge in [-0.15, -0.1) is 12.4 Å². The molecule has 176 valence electrons. The second-order valence-corrected chi connectivity index (χ2v) is 7.92. The third-order valence-electron chi connectivity index (χ3n) is 5.04. The van der Waals surface area contributed by atoms with E-state index in [0.29, 0.717) is 28.7 Å². The molecule has 1 aliphatic carbocycles. The minimum atomic E-state index is -0.964. The minimum absolute atomic E-state index is 0. The van der Waals surface area contributed by atoms with Crippen LogP contribution in [0.15, 0.2) is 41.5 Å². The van der Waals surface area contributed by atoms with Crippen molar-refractivity contribution in [3.8, 4) is 11.6 Å². The van der Waals surface area contributed by atoms with Crippen molar-refractivity contribution < 1.29 is 22.3 Å². The van der Waals surface area contributed by atoms with Crippen LogP contribution in [0, 0.1) is 29.2 Å². The summed E-state index contributed by atoms with van der Waals surface area (Å²) < 4.78 is 61.9. The number of nitrogens with one attached hydrogen (secondary N) is 1. The molecule has 0 aliphatic heterocycles. The van der Waals surface area contributed by atoms with E-state index in [2.05, 4.69) is 10.3 Å². The number of ether oxygens (including phenoxy) is 1. The van der Waals surface area contributed by atoms with Gasteiger partial charge >= 0.3 is 0 Å². The molecule has 33 heavy (non-hydrogen) atoms. The summed E-state index contributed by atoms with van der Waals surface area (Å²) in [6.45, 7) is 0.700. The van der Waals surface area contributed by atoms with Crippen LogP contribution in [0.3, 0.4) is 0 Å². The lowest BCUT2D eigenvalue weighted by Crippen LogP contribution is -2.23. The summed E-state index contributed by atoms with van der Waals surface area (Å²) in [6, 6.07) is 5.18. The Balaban J connectivity index is 0.00000306. The fraction of sp³-hybridized carbons (Fsp3) is 0.273.